The molecular weight excluding hydrogens is 508 g/mol. The second-order valence-electron chi connectivity index (χ2n) is 11.1. The first-order chi connectivity index (χ1) is 18.4. The Hall–Kier alpha value is -3.37. The summed E-state index contributed by atoms with van der Waals surface area (Å²) in [4.78, 5) is 64.2. The zero-order chi connectivity index (χ0) is 28.7. The number of Topliss-reactive ketones (excluding diaryl/α,β-unsaturated/α-hetero) is 2. The molecule has 0 amide bonds. The Labute approximate surface area is 226 Å². The number of rotatable bonds is 6. The van der Waals surface area contributed by atoms with Gasteiger partial charge in [0.15, 0.2) is 17.3 Å². The van der Waals surface area contributed by atoms with Gasteiger partial charge in [0.25, 0.3) is 0 Å². The molecule has 0 aromatic heterocycles. The van der Waals surface area contributed by atoms with Gasteiger partial charge in [-0.15, -0.1) is 0 Å². The molecule has 0 bridgehead atoms. The Balaban J connectivity index is 1.78. The molecule has 1 spiro atoms. The number of hydrogen-bond acceptors (Lipinski definition) is 9. The molecule has 4 rings (SSSR count). The van der Waals surface area contributed by atoms with Crippen molar-refractivity contribution in [1.82, 2.24) is 0 Å². The second-order valence-corrected chi connectivity index (χ2v) is 11.1. The highest BCUT2D eigenvalue weighted by Crippen LogP contribution is 2.62. The molecule has 1 heterocycles. The van der Waals surface area contributed by atoms with Gasteiger partial charge in [-0.2, -0.15) is 0 Å². The van der Waals surface area contributed by atoms with Crippen molar-refractivity contribution < 1.29 is 48.8 Å². The molecule has 39 heavy (non-hydrogen) atoms. The Morgan fingerprint density at radius 2 is 1.82 bits per heavy atom. The quantitative estimate of drug-likeness (QED) is 0.147. The number of ketones is 2. The van der Waals surface area contributed by atoms with Gasteiger partial charge in [0, 0.05) is 36.2 Å². The van der Waals surface area contributed by atoms with E-state index in [4.69, 9.17) is 14.6 Å². The number of esters is 2. The van der Waals surface area contributed by atoms with Crippen molar-refractivity contribution in [2.75, 3.05) is 6.61 Å². The second kappa shape index (κ2) is 10.7. The minimum Gasteiger partial charge on any atom is -0.478 e. The van der Waals surface area contributed by atoms with Crippen LogP contribution in [-0.4, -0.2) is 69.7 Å². The summed E-state index contributed by atoms with van der Waals surface area (Å²) in [5.74, 6) is -6.68. The highest BCUT2D eigenvalue weighted by atomic mass is 16.6. The van der Waals surface area contributed by atoms with E-state index in [0.29, 0.717) is 0 Å². The van der Waals surface area contributed by atoms with Gasteiger partial charge in [-0.1, -0.05) is 56.4 Å². The maximum absolute atomic E-state index is 14.6. The summed E-state index contributed by atoms with van der Waals surface area (Å²) in [6.07, 6.45) is 9.58. The molecule has 1 aliphatic heterocycles. The highest BCUT2D eigenvalue weighted by Gasteiger charge is 2.74. The average molecular weight is 543 g/mol. The summed E-state index contributed by atoms with van der Waals surface area (Å²) in [5, 5.41) is 29.6. The molecular formula is C29H34O10. The van der Waals surface area contributed by atoms with Gasteiger partial charge >= 0.3 is 17.9 Å². The molecule has 1 saturated heterocycles. The fourth-order valence-electron chi connectivity index (χ4n) is 7.11. The van der Waals surface area contributed by atoms with E-state index >= 15 is 0 Å². The van der Waals surface area contributed by atoms with Crippen LogP contribution in [0.2, 0.25) is 0 Å². The van der Waals surface area contributed by atoms with Crippen molar-refractivity contribution >= 4 is 29.5 Å². The first kappa shape index (κ1) is 28.6. The van der Waals surface area contributed by atoms with Crippen molar-refractivity contribution in [3.05, 3.63) is 48.6 Å². The van der Waals surface area contributed by atoms with Gasteiger partial charge in [-0.05, 0) is 24.7 Å². The lowest BCUT2D eigenvalue weighted by molar-refractivity contribution is -0.180. The lowest BCUT2D eigenvalue weighted by Crippen LogP contribution is -2.66. The Bertz CT molecular complexity index is 1180. The number of aliphatic carboxylic acids is 1. The summed E-state index contributed by atoms with van der Waals surface area (Å²) < 4.78 is 10.7. The number of carbonyl (C=O) groups excluding carboxylic acids is 4. The SMILES string of the molecule is CC(=O)O[C@@H]1C[C@H]2[C@@H](C=C[C@H]3C[C@@H](C=CC=CC=CC(=O)O)[C@@]4(C(=O)OC(CO)C4=O)C(=O)[C@@]32C)[C@H](O)[C@H]1C. The zero-order valence-electron chi connectivity index (χ0n) is 22.1. The van der Waals surface area contributed by atoms with Crippen molar-refractivity contribution in [2.24, 2.45) is 40.4 Å². The van der Waals surface area contributed by atoms with Crippen molar-refractivity contribution in [3.8, 4) is 0 Å². The molecule has 10 heteroatoms. The number of fused-ring (bicyclic) bond motifs is 3. The predicted octanol–water partition coefficient (Wildman–Crippen LogP) is 1.56. The van der Waals surface area contributed by atoms with E-state index in [9.17, 15) is 34.2 Å². The van der Waals surface area contributed by atoms with Crippen molar-refractivity contribution in [3.63, 3.8) is 0 Å². The monoisotopic (exact) mass is 542 g/mol. The van der Waals surface area contributed by atoms with Crippen molar-refractivity contribution in [1.29, 1.82) is 0 Å². The number of ether oxygens (including phenoxy) is 2. The van der Waals surface area contributed by atoms with E-state index in [-0.39, 0.29) is 18.8 Å². The van der Waals surface area contributed by atoms with Gasteiger partial charge in [0.1, 0.15) is 6.10 Å². The highest BCUT2D eigenvalue weighted by molar-refractivity contribution is 6.28. The zero-order valence-corrected chi connectivity index (χ0v) is 22.1. The molecule has 1 unspecified atom stereocenters. The van der Waals surface area contributed by atoms with Crippen LogP contribution >= 0.6 is 0 Å². The molecule has 210 valence electrons. The third-order valence-corrected chi connectivity index (χ3v) is 9.14. The van der Waals surface area contributed by atoms with E-state index < -0.39 is 88.9 Å². The van der Waals surface area contributed by atoms with E-state index in [2.05, 4.69) is 0 Å². The van der Waals surface area contributed by atoms with E-state index in [1.54, 1.807) is 26.0 Å². The molecule has 3 N–H and O–H groups in total. The predicted molar refractivity (Wildman–Crippen MR) is 136 cm³/mol. The van der Waals surface area contributed by atoms with Crippen LogP contribution in [0.5, 0.6) is 0 Å². The lowest BCUT2D eigenvalue weighted by atomic mass is 9.43. The number of carboxylic acid groups (broad SMARTS) is 1. The van der Waals surface area contributed by atoms with Gasteiger partial charge in [-0.25, -0.2) is 4.79 Å². The van der Waals surface area contributed by atoms with Gasteiger partial charge < -0.3 is 24.8 Å². The molecule has 4 aliphatic rings. The van der Waals surface area contributed by atoms with Crippen molar-refractivity contribution in [2.45, 2.75) is 51.9 Å². The summed E-state index contributed by atoms with van der Waals surface area (Å²) in [6, 6.07) is 0. The van der Waals surface area contributed by atoms with Gasteiger partial charge in [-0.3, -0.25) is 19.2 Å². The standard InChI is InChI=1S/C29H34O10/c1-15-21(38-16(2)31)13-20-19(24(15)34)11-10-17-12-18(8-6-4-5-7-9-23(32)33)29(26(36)28(17,20)3)25(35)22(14-30)39-27(29)37/h4-11,15,17-22,24,30,34H,12-14H2,1-3H3,(H,32,33)/t15-,17-,18+,19+,20-,21+,22?,24+,28-,29-/m0/s1. The number of carboxylic acids is 1. The van der Waals surface area contributed by atoms with Crippen LogP contribution in [0.1, 0.15) is 33.6 Å². The first-order valence-electron chi connectivity index (χ1n) is 13.1. The number of hydrogen-bond donors (Lipinski definition) is 3. The summed E-state index contributed by atoms with van der Waals surface area (Å²) in [7, 11) is 0. The molecule has 10 nitrogen and oxygen atoms in total. The lowest BCUT2D eigenvalue weighted by Gasteiger charge is -2.58. The number of allylic oxidation sites excluding steroid dienone is 6. The molecule has 10 atom stereocenters. The van der Waals surface area contributed by atoms with Crippen LogP contribution in [0, 0.1) is 40.4 Å². The fraction of sp³-hybridized carbons (Fsp3) is 0.552. The summed E-state index contributed by atoms with van der Waals surface area (Å²) in [6.45, 7) is 4.01. The Kier molecular flexibility index (Phi) is 7.82. The van der Waals surface area contributed by atoms with Gasteiger partial charge in [0.05, 0.1) is 12.7 Å². The maximum atomic E-state index is 14.6. The number of aliphatic hydroxyl groups excluding tert-OH is 2. The van der Waals surface area contributed by atoms with Crippen LogP contribution in [0.25, 0.3) is 0 Å². The maximum Gasteiger partial charge on any atom is 0.328 e. The fourth-order valence-corrected chi connectivity index (χ4v) is 7.11. The van der Waals surface area contributed by atoms with Crippen LogP contribution < -0.4 is 0 Å². The largest absolute Gasteiger partial charge is 0.478 e. The minimum atomic E-state index is -2.18. The smallest absolute Gasteiger partial charge is 0.328 e. The molecule has 0 aromatic rings. The van der Waals surface area contributed by atoms with Crippen LogP contribution in [-0.2, 0) is 33.4 Å². The number of aliphatic hydroxyl groups is 2. The molecule has 0 radical (unpaired) electrons. The topological polar surface area (TPSA) is 164 Å². The molecule has 0 aromatic carbocycles. The number of carbonyl (C=O) groups is 5. The van der Waals surface area contributed by atoms with E-state index in [1.165, 1.54) is 25.2 Å². The number of cyclic esters (lactones) is 1. The molecule has 2 saturated carbocycles. The third kappa shape index (κ3) is 4.49. The minimum absolute atomic E-state index is 0.236. The Morgan fingerprint density at radius 1 is 1.13 bits per heavy atom. The Morgan fingerprint density at radius 3 is 2.44 bits per heavy atom. The summed E-state index contributed by atoms with van der Waals surface area (Å²) >= 11 is 0. The van der Waals surface area contributed by atoms with Crippen LogP contribution in [0.4, 0.5) is 0 Å². The van der Waals surface area contributed by atoms with E-state index in [1.807, 2.05) is 12.2 Å². The third-order valence-electron chi connectivity index (χ3n) is 9.14. The molecule has 3 fully saturated rings. The van der Waals surface area contributed by atoms with Crippen LogP contribution in [0.15, 0.2) is 48.6 Å². The van der Waals surface area contributed by atoms with E-state index in [0.717, 1.165) is 6.08 Å². The van der Waals surface area contributed by atoms with Crippen LogP contribution in [0.3, 0.4) is 0 Å². The first-order valence-corrected chi connectivity index (χ1v) is 13.1. The van der Waals surface area contributed by atoms with Gasteiger partial charge in [0.2, 0.25) is 5.78 Å². The normalized spacial score (nSPS) is 41.8. The average Bonchev–Trinajstić information content (AvgIpc) is 3.13. The summed E-state index contributed by atoms with van der Waals surface area (Å²) in [5.41, 5.74) is -3.44. The molecule has 3 aliphatic carbocycles.